The number of hydrogen-bond donors (Lipinski definition) is 3. The molecule has 0 fully saturated rings. The Hall–Kier alpha value is -3.56. The number of amides is 1. The molecule has 10 nitrogen and oxygen atoms in total. The maximum Gasteiger partial charge on any atom is 0.439 e. The summed E-state index contributed by atoms with van der Waals surface area (Å²) in [6, 6.07) is 5.01. The molecule has 0 aliphatic heterocycles. The number of carbonyl (C=O) groups is 1. The minimum absolute atomic E-state index is 0.0836. The van der Waals surface area contributed by atoms with Gasteiger partial charge >= 0.3 is 11.8 Å². The van der Waals surface area contributed by atoms with Gasteiger partial charge in [-0.1, -0.05) is 38.4 Å². The molecule has 0 aliphatic rings. The standard InChI is InChI=1S/C21H26N4O6/c1-4-5-8-30-17-15-9-13(18-23-21(29)31-24-18)6-7-14(15)19(26)25(11-12(2)3)16(17)10-22-20(27)28/h6-7,9,12,22H,4-5,8,10-11H2,1-3H3,(H,27,28)(H,23,24,29). The van der Waals surface area contributed by atoms with Crippen molar-refractivity contribution < 1.29 is 19.2 Å². The van der Waals surface area contributed by atoms with Crippen LogP contribution < -0.4 is 21.4 Å². The molecule has 3 N–H and O–H groups in total. The molecule has 0 saturated heterocycles. The Labute approximate surface area is 177 Å². The van der Waals surface area contributed by atoms with E-state index in [0.29, 0.717) is 40.9 Å². The van der Waals surface area contributed by atoms with Crippen molar-refractivity contribution in [3.8, 4) is 17.1 Å². The zero-order chi connectivity index (χ0) is 22.5. The second-order valence-corrected chi connectivity index (χ2v) is 7.65. The number of ether oxygens (including phenoxy) is 1. The third kappa shape index (κ3) is 4.96. The van der Waals surface area contributed by atoms with E-state index in [1.54, 1.807) is 22.8 Å². The summed E-state index contributed by atoms with van der Waals surface area (Å²) in [6.45, 7) is 6.73. The topological polar surface area (TPSA) is 139 Å². The smallest absolute Gasteiger partial charge is 0.439 e. The number of aromatic nitrogens is 3. The van der Waals surface area contributed by atoms with Crippen LogP contribution in [-0.4, -0.2) is 32.5 Å². The van der Waals surface area contributed by atoms with Gasteiger partial charge in [0.2, 0.25) is 0 Å². The molecule has 0 bridgehead atoms. The summed E-state index contributed by atoms with van der Waals surface area (Å²) < 4.78 is 12.2. The zero-order valence-corrected chi connectivity index (χ0v) is 17.7. The van der Waals surface area contributed by atoms with Gasteiger partial charge in [0, 0.05) is 17.5 Å². The first-order valence-electron chi connectivity index (χ1n) is 10.2. The fraction of sp³-hybridized carbons (Fsp3) is 0.429. The Balaban J connectivity index is 2.28. The molecule has 3 rings (SSSR count). The van der Waals surface area contributed by atoms with Crippen LogP contribution in [0.25, 0.3) is 22.2 Å². The van der Waals surface area contributed by atoms with Crippen molar-refractivity contribution in [2.75, 3.05) is 6.61 Å². The van der Waals surface area contributed by atoms with Gasteiger partial charge in [0.05, 0.1) is 24.2 Å². The van der Waals surface area contributed by atoms with E-state index in [1.807, 2.05) is 20.8 Å². The fourth-order valence-corrected chi connectivity index (χ4v) is 3.34. The normalized spacial score (nSPS) is 11.2. The maximum atomic E-state index is 13.3. The number of carboxylic acid groups (broad SMARTS) is 1. The lowest BCUT2D eigenvalue weighted by Gasteiger charge is -2.21. The van der Waals surface area contributed by atoms with Crippen molar-refractivity contribution in [2.45, 2.75) is 46.7 Å². The minimum Gasteiger partial charge on any atom is -0.491 e. The van der Waals surface area contributed by atoms with Gasteiger partial charge in [-0.3, -0.25) is 14.3 Å². The Morgan fingerprint density at radius 1 is 1.32 bits per heavy atom. The largest absolute Gasteiger partial charge is 0.491 e. The quantitative estimate of drug-likeness (QED) is 0.443. The number of nitrogens with zero attached hydrogens (tertiary/aromatic N) is 2. The Morgan fingerprint density at radius 2 is 2.10 bits per heavy atom. The van der Waals surface area contributed by atoms with Crippen LogP contribution in [0.2, 0.25) is 0 Å². The van der Waals surface area contributed by atoms with E-state index in [1.165, 1.54) is 0 Å². The number of aromatic amines is 1. The molecule has 0 unspecified atom stereocenters. The number of rotatable bonds is 9. The maximum absolute atomic E-state index is 13.3. The average Bonchev–Trinajstić information content (AvgIpc) is 3.16. The van der Waals surface area contributed by atoms with Crippen LogP contribution in [0.1, 0.15) is 39.3 Å². The van der Waals surface area contributed by atoms with Gasteiger partial charge in [-0.25, -0.2) is 9.59 Å². The van der Waals surface area contributed by atoms with Gasteiger partial charge in [-0.05, 0) is 24.5 Å². The van der Waals surface area contributed by atoms with Crippen LogP contribution in [0.3, 0.4) is 0 Å². The molecule has 3 aromatic rings. The van der Waals surface area contributed by atoms with Crippen LogP contribution in [0, 0.1) is 5.92 Å². The molecule has 1 amide bonds. The molecule has 0 radical (unpaired) electrons. The number of fused-ring (bicyclic) bond motifs is 1. The number of hydrogen-bond acceptors (Lipinski definition) is 6. The summed E-state index contributed by atoms with van der Waals surface area (Å²) in [5.74, 6) is 0.128. The molecule has 2 heterocycles. The summed E-state index contributed by atoms with van der Waals surface area (Å²) in [5, 5.41) is 16.1. The second kappa shape index (κ2) is 9.50. The van der Waals surface area contributed by atoms with E-state index in [-0.39, 0.29) is 23.8 Å². The van der Waals surface area contributed by atoms with Gasteiger partial charge in [-0.15, -0.1) is 0 Å². The summed E-state index contributed by atoms with van der Waals surface area (Å²) in [4.78, 5) is 38.3. The van der Waals surface area contributed by atoms with E-state index in [2.05, 4.69) is 20.0 Å². The van der Waals surface area contributed by atoms with E-state index in [4.69, 9.17) is 9.84 Å². The lowest BCUT2D eigenvalue weighted by Crippen LogP contribution is -2.31. The number of benzene rings is 1. The highest BCUT2D eigenvalue weighted by Crippen LogP contribution is 2.31. The monoisotopic (exact) mass is 430 g/mol. The van der Waals surface area contributed by atoms with Crippen LogP contribution in [0.5, 0.6) is 5.75 Å². The molecular formula is C21H26N4O6. The van der Waals surface area contributed by atoms with Crippen molar-refractivity contribution in [3.05, 3.63) is 44.8 Å². The van der Waals surface area contributed by atoms with Gasteiger partial charge in [0.15, 0.2) is 5.82 Å². The lowest BCUT2D eigenvalue weighted by molar-refractivity contribution is 0.193. The minimum atomic E-state index is -1.20. The molecule has 166 valence electrons. The molecule has 0 spiro atoms. The van der Waals surface area contributed by atoms with Gasteiger partial charge in [0.25, 0.3) is 5.56 Å². The van der Waals surface area contributed by atoms with Crippen molar-refractivity contribution in [3.63, 3.8) is 0 Å². The summed E-state index contributed by atoms with van der Waals surface area (Å²) in [6.07, 6.45) is 0.516. The lowest BCUT2D eigenvalue weighted by atomic mass is 10.0. The molecular weight excluding hydrogens is 404 g/mol. The molecule has 10 heteroatoms. The summed E-state index contributed by atoms with van der Waals surface area (Å²) >= 11 is 0. The number of H-pyrrole nitrogens is 1. The molecule has 0 saturated carbocycles. The van der Waals surface area contributed by atoms with Crippen molar-refractivity contribution in [1.82, 2.24) is 20.0 Å². The highest BCUT2D eigenvalue weighted by molar-refractivity contribution is 5.91. The van der Waals surface area contributed by atoms with E-state index >= 15 is 0 Å². The van der Waals surface area contributed by atoms with Crippen LogP contribution >= 0.6 is 0 Å². The fourth-order valence-electron chi connectivity index (χ4n) is 3.34. The third-order valence-electron chi connectivity index (χ3n) is 4.74. The van der Waals surface area contributed by atoms with Crippen LogP contribution in [0.4, 0.5) is 4.79 Å². The highest BCUT2D eigenvalue weighted by Gasteiger charge is 2.20. The molecule has 0 aliphatic carbocycles. The van der Waals surface area contributed by atoms with Crippen LogP contribution in [0.15, 0.2) is 32.3 Å². The molecule has 2 aromatic heterocycles. The van der Waals surface area contributed by atoms with E-state index < -0.39 is 11.8 Å². The first kappa shape index (κ1) is 22.1. The second-order valence-electron chi connectivity index (χ2n) is 7.65. The molecule has 0 atom stereocenters. The van der Waals surface area contributed by atoms with E-state index in [9.17, 15) is 14.4 Å². The van der Waals surface area contributed by atoms with Gasteiger partial charge in [-0.2, -0.15) is 0 Å². The van der Waals surface area contributed by atoms with Gasteiger partial charge in [0.1, 0.15) is 5.75 Å². The zero-order valence-electron chi connectivity index (χ0n) is 17.7. The predicted octanol–water partition coefficient (Wildman–Crippen LogP) is 2.95. The number of unbranched alkanes of at least 4 members (excludes halogenated alkanes) is 1. The number of nitrogens with one attached hydrogen (secondary N) is 2. The highest BCUT2D eigenvalue weighted by atomic mass is 16.5. The average molecular weight is 430 g/mol. The van der Waals surface area contributed by atoms with Crippen LogP contribution in [-0.2, 0) is 13.1 Å². The predicted molar refractivity (Wildman–Crippen MR) is 114 cm³/mol. The van der Waals surface area contributed by atoms with Crippen molar-refractivity contribution in [1.29, 1.82) is 0 Å². The molecule has 1 aromatic carbocycles. The SMILES string of the molecule is CCCCOc1c(CNC(=O)O)n(CC(C)C)c(=O)c2ccc(-c3noc(=O)[nH]3)cc12. The summed E-state index contributed by atoms with van der Waals surface area (Å²) in [7, 11) is 0. The molecule has 31 heavy (non-hydrogen) atoms. The van der Waals surface area contributed by atoms with Crippen molar-refractivity contribution in [2.24, 2.45) is 5.92 Å². The van der Waals surface area contributed by atoms with E-state index in [0.717, 1.165) is 12.8 Å². The Bertz CT molecular complexity index is 1190. The third-order valence-corrected chi connectivity index (χ3v) is 4.74. The number of pyridine rings is 1. The van der Waals surface area contributed by atoms with Gasteiger partial charge < -0.3 is 19.7 Å². The van der Waals surface area contributed by atoms with Crippen molar-refractivity contribution >= 4 is 16.9 Å². The Morgan fingerprint density at radius 3 is 2.71 bits per heavy atom. The summed E-state index contributed by atoms with van der Waals surface area (Å²) in [5.41, 5.74) is 0.751. The first-order chi connectivity index (χ1) is 14.8. The first-order valence-corrected chi connectivity index (χ1v) is 10.2. The Kier molecular flexibility index (Phi) is 6.78.